The lowest BCUT2D eigenvalue weighted by Gasteiger charge is -2.36. The molecule has 1 aliphatic heterocycles. The van der Waals surface area contributed by atoms with Crippen molar-refractivity contribution in [1.29, 1.82) is 0 Å². The number of urea groups is 1. The molecule has 9 heteroatoms. The van der Waals surface area contributed by atoms with Crippen LogP contribution in [0.2, 0.25) is 5.02 Å². The first-order chi connectivity index (χ1) is 13.3. The SMILES string of the molecule is C[C@H]1CCCC[C@@]12NC(=O)N(CC(=O)OCC(=O)Nc1ccc(Cl)cc1)C2=O. The second-order valence-electron chi connectivity index (χ2n) is 7.16. The van der Waals surface area contributed by atoms with E-state index in [1.807, 2.05) is 6.92 Å². The molecule has 2 atom stereocenters. The topological polar surface area (TPSA) is 105 Å². The molecule has 1 aromatic carbocycles. The van der Waals surface area contributed by atoms with Gasteiger partial charge in [0.15, 0.2) is 6.61 Å². The van der Waals surface area contributed by atoms with E-state index >= 15 is 0 Å². The number of benzene rings is 1. The maximum Gasteiger partial charge on any atom is 0.326 e. The van der Waals surface area contributed by atoms with Gasteiger partial charge in [-0.1, -0.05) is 31.4 Å². The second kappa shape index (κ2) is 8.18. The van der Waals surface area contributed by atoms with E-state index in [2.05, 4.69) is 10.6 Å². The van der Waals surface area contributed by atoms with Gasteiger partial charge in [-0.25, -0.2) is 4.79 Å². The molecule has 1 aliphatic carbocycles. The highest BCUT2D eigenvalue weighted by Crippen LogP contribution is 2.38. The van der Waals surface area contributed by atoms with Crippen molar-refractivity contribution in [2.75, 3.05) is 18.5 Å². The summed E-state index contributed by atoms with van der Waals surface area (Å²) in [6.45, 7) is 0.889. The molecule has 0 unspecified atom stereocenters. The van der Waals surface area contributed by atoms with Gasteiger partial charge in [0, 0.05) is 10.7 Å². The minimum Gasteiger partial charge on any atom is -0.454 e. The molecule has 3 rings (SSSR count). The molecule has 2 aliphatic rings. The van der Waals surface area contributed by atoms with E-state index in [0.29, 0.717) is 17.1 Å². The molecule has 0 bridgehead atoms. The summed E-state index contributed by atoms with van der Waals surface area (Å²) in [5.74, 6) is -1.75. The number of amides is 4. The van der Waals surface area contributed by atoms with Crippen molar-refractivity contribution in [3.05, 3.63) is 29.3 Å². The number of ether oxygens (including phenoxy) is 1. The smallest absolute Gasteiger partial charge is 0.326 e. The van der Waals surface area contributed by atoms with E-state index < -0.39 is 42.5 Å². The number of halogens is 1. The van der Waals surface area contributed by atoms with E-state index in [1.54, 1.807) is 24.3 Å². The lowest BCUT2D eigenvalue weighted by Crippen LogP contribution is -2.54. The molecule has 4 amide bonds. The van der Waals surface area contributed by atoms with Gasteiger partial charge in [0.2, 0.25) is 0 Å². The fourth-order valence-corrected chi connectivity index (χ4v) is 3.82. The number of carbonyl (C=O) groups excluding carboxylic acids is 4. The predicted molar refractivity (Wildman–Crippen MR) is 102 cm³/mol. The molecule has 150 valence electrons. The average Bonchev–Trinajstić information content (AvgIpc) is 2.89. The Morgan fingerprint density at radius 3 is 2.68 bits per heavy atom. The standard InChI is InChI=1S/C19H22ClN3O5/c1-12-4-2-3-9-19(12)17(26)23(18(27)22-19)10-16(25)28-11-15(24)21-14-7-5-13(20)6-8-14/h5-8,12H,2-4,9-11H2,1H3,(H,21,24)(H,22,27)/t12-,19+/m0/s1. The van der Waals surface area contributed by atoms with Gasteiger partial charge in [0.25, 0.3) is 11.8 Å². The third-order valence-electron chi connectivity index (χ3n) is 5.28. The number of hydrogen-bond acceptors (Lipinski definition) is 5. The van der Waals surface area contributed by atoms with E-state index in [1.165, 1.54) is 0 Å². The maximum atomic E-state index is 12.8. The third-order valence-corrected chi connectivity index (χ3v) is 5.53. The first-order valence-electron chi connectivity index (χ1n) is 9.17. The van der Waals surface area contributed by atoms with Crippen LogP contribution in [0.4, 0.5) is 10.5 Å². The summed E-state index contributed by atoms with van der Waals surface area (Å²) in [5, 5.41) is 5.85. The minimum absolute atomic E-state index is 0.00359. The van der Waals surface area contributed by atoms with Gasteiger partial charge in [0.05, 0.1) is 0 Å². The Morgan fingerprint density at radius 1 is 1.29 bits per heavy atom. The fraction of sp³-hybridized carbons (Fsp3) is 0.474. The second-order valence-corrected chi connectivity index (χ2v) is 7.59. The van der Waals surface area contributed by atoms with Gasteiger partial charge in [-0.3, -0.25) is 19.3 Å². The zero-order valence-corrected chi connectivity index (χ0v) is 16.3. The van der Waals surface area contributed by atoms with E-state index in [0.717, 1.165) is 24.2 Å². The molecule has 1 saturated heterocycles. The normalized spacial score (nSPS) is 24.2. The highest BCUT2D eigenvalue weighted by atomic mass is 35.5. The number of hydrogen-bond donors (Lipinski definition) is 2. The zero-order valence-electron chi connectivity index (χ0n) is 15.5. The van der Waals surface area contributed by atoms with Gasteiger partial charge < -0.3 is 15.4 Å². The molecule has 1 heterocycles. The van der Waals surface area contributed by atoms with Gasteiger partial charge in [-0.05, 0) is 43.0 Å². The summed E-state index contributed by atoms with van der Waals surface area (Å²) in [6, 6.07) is 5.85. The molecule has 1 spiro atoms. The minimum atomic E-state index is -0.929. The summed E-state index contributed by atoms with van der Waals surface area (Å²) in [5.41, 5.74) is -0.422. The van der Waals surface area contributed by atoms with Crippen LogP contribution in [0.3, 0.4) is 0 Å². The highest BCUT2D eigenvalue weighted by Gasteiger charge is 2.55. The van der Waals surface area contributed by atoms with Crippen molar-refractivity contribution in [1.82, 2.24) is 10.2 Å². The fourth-order valence-electron chi connectivity index (χ4n) is 3.69. The monoisotopic (exact) mass is 407 g/mol. The number of esters is 1. The molecule has 8 nitrogen and oxygen atoms in total. The molecular weight excluding hydrogens is 386 g/mol. The van der Waals surface area contributed by atoms with E-state index in [9.17, 15) is 19.2 Å². The third kappa shape index (κ3) is 4.11. The van der Waals surface area contributed by atoms with Crippen LogP contribution in [0.15, 0.2) is 24.3 Å². The van der Waals surface area contributed by atoms with Gasteiger partial charge >= 0.3 is 12.0 Å². The zero-order chi connectivity index (χ0) is 20.3. The Bertz CT molecular complexity index is 797. The molecule has 28 heavy (non-hydrogen) atoms. The van der Waals surface area contributed by atoms with Crippen LogP contribution in [0.5, 0.6) is 0 Å². The summed E-state index contributed by atoms with van der Waals surface area (Å²) in [7, 11) is 0. The Morgan fingerprint density at radius 2 is 2.00 bits per heavy atom. The predicted octanol–water partition coefficient (Wildman–Crippen LogP) is 2.32. The van der Waals surface area contributed by atoms with Gasteiger partial charge in [-0.15, -0.1) is 0 Å². The van der Waals surface area contributed by atoms with Gasteiger partial charge in [0.1, 0.15) is 12.1 Å². The molecule has 1 saturated carbocycles. The molecular formula is C19H22ClN3O5. The molecule has 0 radical (unpaired) electrons. The van der Waals surface area contributed by atoms with E-state index in [-0.39, 0.29) is 5.92 Å². The summed E-state index contributed by atoms with van der Waals surface area (Å²) in [4.78, 5) is 49.8. The van der Waals surface area contributed by atoms with Crippen molar-refractivity contribution < 1.29 is 23.9 Å². The Labute approximate surface area is 167 Å². The number of carbonyl (C=O) groups is 4. The Hall–Kier alpha value is -2.61. The first-order valence-corrected chi connectivity index (χ1v) is 9.55. The van der Waals surface area contributed by atoms with Crippen LogP contribution in [-0.2, 0) is 19.1 Å². The van der Waals surface area contributed by atoms with Crippen LogP contribution in [0.25, 0.3) is 0 Å². The number of nitrogens with one attached hydrogen (secondary N) is 2. The molecule has 0 aromatic heterocycles. The Kier molecular flexibility index (Phi) is 5.88. The molecule has 1 aromatic rings. The van der Waals surface area contributed by atoms with Crippen molar-refractivity contribution in [2.24, 2.45) is 5.92 Å². The van der Waals surface area contributed by atoms with Gasteiger partial charge in [-0.2, -0.15) is 0 Å². The van der Waals surface area contributed by atoms with Crippen LogP contribution < -0.4 is 10.6 Å². The van der Waals surface area contributed by atoms with Crippen LogP contribution >= 0.6 is 11.6 Å². The lowest BCUT2D eigenvalue weighted by molar-refractivity contribution is -0.150. The Balaban J connectivity index is 1.51. The highest BCUT2D eigenvalue weighted by molar-refractivity contribution is 6.30. The first kappa shape index (κ1) is 20.1. The summed E-state index contributed by atoms with van der Waals surface area (Å²) >= 11 is 5.77. The number of nitrogens with zero attached hydrogens (tertiary/aromatic N) is 1. The number of rotatable bonds is 5. The van der Waals surface area contributed by atoms with Crippen LogP contribution in [-0.4, -0.2) is 47.4 Å². The van der Waals surface area contributed by atoms with Crippen molar-refractivity contribution in [3.8, 4) is 0 Å². The largest absolute Gasteiger partial charge is 0.454 e. The van der Waals surface area contributed by atoms with Crippen molar-refractivity contribution in [2.45, 2.75) is 38.1 Å². The average molecular weight is 408 g/mol. The van der Waals surface area contributed by atoms with Crippen molar-refractivity contribution in [3.63, 3.8) is 0 Å². The summed E-state index contributed by atoms with van der Waals surface area (Å²) in [6.07, 6.45) is 3.26. The molecule has 2 fully saturated rings. The number of imide groups is 1. The number of anilines is 1. The van der Waals surface area contributed by atoms with Crippen LogP contribution in [0, 0.1) is 5.92 Å². The van der Waals surface area contributed by atoms with Crippen LogP contribution in [0.1, 0.15) is 32.6 Å². The molecule has 2 N–H and O–H groups in total. The summed E-state index contributed by atoms with van der Waals surface area (Å²) < 4.78 is 4.91. The quantitative estimate of drug-likeness (QED) is 0.575. The lowest BCUT2D eigenvalue weighted by atomic mass is 9.73. The van der Waals surface area contributed by atoms with E-state index in [4.69, 9.17) is 16.3 Å². The maximum absolute atomic E-state index is 12.8. The van der Waals surface area contributed by atoms with Crippen molar-refractivity contribution >= 4 is 41.1 Å².